The molecule has 12 heteroatoms. The Balaban J connectivity index is 0.00000193. The number of amides is 2. The SMILES string of the molecule is CN(c1nc(C(=O)Nc2ccccc2N2CCN(CC(N)=O)CC2)cs1)C1CCNC1.Cl.Cl. The number of hydrogen-bond acceptors (Lipinski definition) is 8. The molecular weight excluding hydrogens is 485 g/mol. The van der Waals surface area contributed by atoms with Crippen LogP contribution >= 0.6 is 36.2 Å². The first kappa shape index (κ1) is 27.1. The van der Waals surface area contributed by atoms with Gasteiger partial charge in [0, 0.05) is 51.2 Å². The molecule has 4 rings (SSSR count). The van der Waals surface area contributed by atoms with Crippen molar-refractivity contribution < 1.29 is 9.59 Å². The second-order valence-corrected chi connectivity index (χ2v) is 8.81. The van der Waals surface area contributed by atoms with Crippen molar-refractivity contribution in [2.45, 2.75) is 12.5 Å². The van der Waals surface area contributed by atoms with Gasteiger partial charge in [-0.15, -0.1) is 36.2 Å². The second kappa shape index (κ2) is 12.4. The van der Waals surface area contributed by atoms with Gasteiger partial charge in [-0.05, 0) is 25.1 Å². The van der Waals surface area contributed by atoms with Gasteiger partial charge in [0.15, 0.2) is 5.13 Å². The van der Waals surface area contributed by atoms with E-state index in [-0.39, 0.29) is 43.2 Å². The Hall–Kier alpha value is -2.11. The molecule has 1 aromatic heterocycles. The minimum Gasteiger partial charge on any atom is -0.369 e. The fourth-order valence-corrected chi connectivity index (χ4v) is 4.91. The highest BCUT2D eigenvalue weighted by atomic mass is 35.5. The Morgan fingerprint density at radius 2 is 1.97 bits per heavy atom. The van der Waals surface area contributed by atoms with E-state index in [1.54, 1.807) is 0 Å². The van der Waals surface area contributed by atoms with Crippen LogP contribution < -0.4 is 26.2 Å². The fourth-order valence-electron chi connectivity index (χ4n) is 4.07. The van der Waals surface area contributed by atoms with Crippen LogP contribution in [0.1, 0.15) is 16.9 Å². The number of piperazine rings is 1. The van der Waals surface area contributed by atoms with Crippen molar-refractivity contribution in [3.05, 3.63) is 35.3 Å². The third-order valence-electron chi connectivity index (χ3n) is 5.85. The number of hydrogen-bond donors (Lipinski definition) is 3. The Morgan fingerprint density at radius 3 is 2.64 bits per heavy atom. The van der Waals surface area contributed by atoms with E-state index in [4.69, 9.17) is 5.73 Å². The van der Waals surface area contributed by atoms with Crippen LogP contribution in [0, 0.1) is 0 Å². The lowest BCUT2D eigenvalue weighted by Crippen LogP contribution is -2.49. The van der Waals surface area contributed by atoms with Crippen LogP contribution in [0.25, 0.3) is 0 Å². The average molecular weight is 516 g/mol. The molecule has 1 aromatic carbocycles. The lowest BCUT2D eigenvalue weighted by molar-refractivity contribution is -0.119. The van der Waals surface area contributed by atoms with E-state index < -0.39 is 0 Å². The first-order valence-electron chi connectivity index (χ1n) is 10.6. The molecule has 182 valence electrons. The molecule has 3 heterocycles. The average Bonchev–Trinajstić information content (AvgIpc) is 3.46. The third kappa shape index (κ3) is 6.70. The molecule has 2 saturated heterocycles. The Labute approximate surface area is 210 Å². The third-order valence-corrected chi connectivity index (χ3v) is 6.78. The summed E-state index contributed by atoms with van der Waals surface area (Å²) in [5.41, 5.74) is 7.47. The summed E-state index contributed by atoms with van der Waals surface area (Å²) in [6, 6.07) is 8.21. The van der Waals surface area contributed by atoms with Gasteiger partial charge in [0.25, 0.3) is 5.91 Å². The predicted octanol–water partition coefficient (Wildman–Crippen LogP) is 1.64. The molecule has 2 fully saturated rings. The molecule has 2 amide bonds. The number of halogens is 2. The molecule has 0 aliphatic carbocycles. The van der Waals surface area contributed by atoms with Gasteiger partial charge in [-0.1, -0.05) is 12.1 Å². The highest BCUT2D eigenvalue weighted by Crippen LogP contribution is 2.28. The Morgan fingerprint density at radius 1 is 1.24 bits per heavy atom. The van der Waals surface area contributed by atoms with Gasteiger partial charge in [-0.3, -0.25) is 14.5 Å². The van der Waals surface area contributed by atoms with E-state index in [0.29, 0.717) is 11.7 Å². The van der Waals surface area contributed by atoms with E-state index in [2.05, 4.69) is 25.4 Å². The maximum Gasteiger partial charge on any atom is 0.275 e. The van der Waals surface area contributed by atoms with E-state index in [1.807, 2.05) is 41.6 Å². The summed E-state index contributed by atoms with van der Waals surface area (Å²) < 4.78 is 0. The molecule has 0 bridgehead atoms. The fraction of sp³-hybridized carbons (Fsp3) is 0.476. The zero-order valence-corrected chi connectivity index (χ0v) is 21.0. The number of likely N-dealkylation sites (N-methyl/N-ethyl adjacent to an activating group) is 1. The number of nitrogens with two attached hydrogens (primary N) is 1. The second-order valence-electron chi connectivity index (χ2n) is 7.97. The van der Waals surface area contributed by atoms with Gasteiger partial charge in [0.1, 0.15) is 5.69 Å². The smallest absolute Gasteiger partial charge is 0.275 e. The summed E-state index contributed by atoms with van der Waals surface area (Å²) in [6.07, 6.45) is 1.08. The standard InChI is InChI=1S/C21H29N7O2S.2ClH/c1-26(15-6-7-23-12-15)21-25-17(14-31-21)20(30)24-16-4-2-3-5-18(16)28-10-8-27(9-11-28)13-19(22)29;;/h2-5,14-15,23H,6-13H2,1H3,(H2,22,29)(H,24,30);2*1H. The van der Waals surface area contributed by atoms with Crippen LogP contribution in [-0.4, -0.2) is 80.6 Å². The first-order chi connectivity index (χ1) is 15.0. The van der Waals surface area contributed by atoms with Crippen LogP contribution in [0.2, 0.25) is 0 Å². The number of aromatic nitrogens is 1. The molecule has 2 aliphatic heterocycles. The van der Waals surface area contributed by atoms with Gasteiger partial charge in [-0.25, -0.2) is 4.98 Å². The van der Waals surface area contributed by atoms with E-state index in [1.165, 1.54) is 11.3 Å². The molecule has 1 atom stereocenters. The predicted molar refractivity (Wildman–Crippen MR) is 139 cm³/mol. The molecular formula is C21H31Cl2N7O2S. The summed E-state index contributed by atoms with van der Waals surface area (Å²) in [5, 5.41) is 9.07. The number of rotatable bonds is 7. The Bertz CT molecular complexity index is 931. The molecule has 2 aliphatic rings. The van der Waals surface area contributed by atoms with Crippen molar-refractivity contribution in [3.63, 3.8) is 0 Å². The van der Waals surface area contributed by atoms with Crippen molar-refractivity contribution >= 4 is 64.5 Å². The van der Waals surface area contributed by atoms with Crippen LogP contribution in [0.3, 0.4) is 0 Å². The molecule has 33 heavy (non-hydrogen) atoms. The maximum atomic E-state index is 12.9. The molecule has 0 radical (unpaired) electrons. The molecule has 0 saturated carbocycles. The highest BCUT2D eigenvalue weighted by Gasteiger charge is 2.24. The van der Waals surface area contributed by atoms with E-state index in [0.717, 1.165) is 62.2 Å². The first-order valence-corrected chi connectivity index (χ1v) is 11.4. The van der Waals surface area contributed by atoms with Gasteiger partial charge >= 0.3 is 0 Å². The number of thiazole rings is 1. The lowest BCUT2D eigenvalue weighted by Gasteiger charge is -2.36. The number of carbonyl (C=O) groups is 2. The summed E-state index contributed by atoms with van der Waals surface area (Å²) in [7, 11) is 2.03. The quantitative estimate of drug-likeness (QED) is 0.514. The van der Waals surface area contributed by atoms with Crippen LogP contribution in [0.5, 0.6) is 0 Å². The van der Waals surface area contributed by atoms with Crippen LogP contribution in [0.4, 0.5) is 16.5 Å². The largest absolute Gasteiger partial charge is 0.369 e. The highest BCUT2D eigenvalue weighted by molar-refractivity contribution is 7.14. The minimum atomic E-state index is -0.307. The van der Waals surface area contributed by atoms with Crippen molar-refractivity contribution in [2.75, 3.05) is 68.0 Å². The van der Waals surface area contributed by atoms with Gasteiger partial charge in [0.05, 0.1) is 17.9 Å². The zero-order valence-electron chi connectivity index (χ0n) is 18.5. The number of primary amides is 1. The molecule has 9 nitrogen and oxygen atoms in total. The molecule has 0 spiro atoms. The van der Waals surface area contributed by atoms with Crippen LogP contribution in [0.15, 0.2) is 29.6 Å². The van der Waals surface area contributed by atoms with E-state index >= 15 is 0 Å². The summed E-state index contributed by atoms with van der Waals surface area (Å²) >= 11 is 1.49. The monoisotopic (exact) mass is 515 g/mol. The normalized spacial score (nSPS) is 18.2. The lowest BCUT2D eigenvalue weighted by atomic mass is 10.2. The van der Waals surface area contributed by atoms with Gasteiger partial charge in [0.2, 0.25) is 5.91 Å². The Kier molecular flexibility index (Phi) is 10.2. The number of para-hydroxylation sites is 2. The van der Waals surface area contributed by atoms with Gasteiger partial charge in [-0.2, -0.15) is 0 Å². The number of benzene rings is 1. The molecule has 1 unspecified atom stereocenters. The number of carbonyl (C=O) groups excluding carboxylic acids is 2. The summed E-state index contributed by atoms with van der Waals surface area (Å²) in [4.78, 5) is 35.1. The van der Waals surface area contributed by atoms with Crippen molar-refractivity contribution in [2.24, 2.45) is 5.73 Å². The van der Waals surface area contributed by atoms with Crippen LogP contribution in [-0.2, 0) is 4.79 Å². The molecule has 4 N–H and O–H groups in total. The maximum absolute atomic E-state index is 12.9. The zero-order chi connectivity index (χ0) is 21.8. The summed E-state index contributed by atoms with van der Waals surface area (Å²) in [6.45, 7) is 5.28. The van der Waals surface area contributed by atoms with E-state index in [9.17, 15) is 9.59 Å². The topological polar surface area (TPSA) is 107 Å². The van der Waals surface area contributed by atoms with Crippen molar-refractivity contribution in [1.82, 2.24) is 15.2 Å². The number of nitrogens with zero attached hydrogens (tertiary/aromatic N) is 4. The minimum absolute atomic E-state index is 0. The van der Waals surface area contributed by atoms with Gasteiger partial charge < -0.3 is 26.2 Å². The van der Waals surface area contributed by atoms with Crippen molar-refractivity contribution in [1.29, 1.82) is 0 Å². The molecule has 2 aromatic rings. The van der Waals surface area contributed by atoms with Crippen molar-refractivity contribution in [3.8, 4) is 0 Å². The number of nitrogens with one attached hydrogen (secondary N) is 2. The summed E-state index contributed by atoms with van der Waals surface area (Å²) in [5.74, 6) is -0.515. The number of anilines is 3.